The summed E-state index contributed by atoms with van der Waals surface area (Å²) in [5, 5.41) is 24.4. The molecule has 9 heteroatoms. The summed E-state index contributed by atoms with van der Waals surface area (Å²) >= 11 is 5.25. The van der Waals surface area contributed by atoms with Crippen molar-refractivity contribution < 1.29 is 10.0 Å². The Morgan fingerprint density at radius 3 is 2.57 bits per heavy atom. The van der Waals surface area contributed by atoms with Crippen LogP contribution in [0.5, 0.6) is 5.75 Å². The number of nitrogens with zero attached hydrogens (tertiary/aromatic N) is 4. The molecule has 1 aliphatic rings. The number of nitro groups is 1. The van der Waals surface area contributed by atoms with Gasteiger partial charge in [0.1, 0.15) is 5.52 Å². The molecule has 0 bridgehead atoms. The summed E-state index contributed by atoms with van der Waals surface area (Å²) in [6.45, 7) is 5.23. The van der Waals surface area contributed by atoms with Crippen molar-refractivity contribution in [2.75, 3.05) is 26.2 Å². The fraction of sp³-hybridized carbons (Fsp3) is 0.316. The Morgan fingerprint density at radius 1 is 1.21 bits per heavy atom. The van der Waals surface area contributed by atoms with E-state index in [0.717, 1.165) is 48.1 Å². The number of hydrogen-bond donors (Lipinski definition) is 1. The largest absolute Gasteiger partial charge is 0.501 e. The number of benzene rings is 1. The van der Waals surface area contributed by atoms with Gasteiger partial charge < -0.3 is 5.11 Å². The Morgan fingerprint density at radius 2 is 1.93 bits per heavy atom. The molecule has 28 heavy (non-hydrogen) atoms. The highest BCUT2D eigenvalue weighted by atomic mass is 79.9. The summed E-state index contributed by atoms with van der Waals surface area (Å²) in [6, 6.07) is 7.28. The summed E-state index contributed by atoms with van der Waals surface area (Å²) in [5.74, 6) is -0.365. The molecule has 0 aliphatic carbocycles. The van der Waals surface area contributed by atoms with Gasteiger partial charge in [0.2, 0.25) is 5.75 Å². The van der Waals surface area contributed by atoms with Gasteiger partial charge in [-0.25, -0.2) is 0 Å². The Balaban J connectivity index is 1.48. The molecule has 2 aromatic heterocycles. The third-order valence-electron chi connectivity index (χ3n) is 4.99. The molecule has 3 aromatic rings. The van der Waals surface area contributed by atoms with Crippen molar-refractivity contribution in [2.24, 2.45) is 0 Å². The van der Waals surface area contributed by atoms with E-state index >= 15 is 0 Å². The summed E-state index contributed by atoms with van der Waals surface area (Å²) in [6.07, 6.45) is 1.54. The summed E-state index contributed by atoms with van der Waals surface area (Å²) in [4.78, 5) is 21.0. The molecular formula is C19H19BrN4O3S. The molecule has 1 N–H and O–H groups in total. The fourth-order valence-corrected chi connectivity index (χ4v) is 5.05. The minimum absolute atomic E-state index is 0.286. The van der Waals surface area contributed by atoms with Crippen LogP contribution < -0.4 is 0 Å². The molecule has 0 atom stereocenters. The van der Waals surface area contributed by atoms with E-state index in [4.69, 9.17) is 0 Å². The molecule has 7 nitrogen and oxygen atoms in total. The Kier molecular flexibility index (Phi) is 5.58. The van der Waals surface area contributed by atoms with E-state index in [0.29, 0.717) is 6.54 Å². The third-order valence-corrected chi connectivity index (χ3v) is 6.67. The Hall–Kier alpha value is -2.07. The number of aromatic nitrogens is 1. The lowest BCUT2D eigenvalue weighted by Gasteiger charge is -2.34. The highest BCUT2D eigenvalue weighted by molar-refractivity contribution is 9.10. The first-order valence-electron chi connectivity index (χ1n) is 8.93. The Labute approximate surface area is 174 Å². The van der Waals surface area contributed by atoms with Gasteiger partial charge in [-0.1, -0.05) is 6.07 Å². The van der Waals surface area contributed by atoms with Crippen LogP contribution >= 0.6 is 27.3 Å². The lowest BCUT2D eigenvalue weighted by Crippen LogP contribution is -2.45. The average molecular weight is 463 g/mol. The zero-order chi connectivity index (χ0) is 19.7. The van der Waals surface area contributed by atoms with Crippen LogP contribution in [0.15, 0.2) is 40.3 Å². The number of aromatic hydroxyl groups is 1. The van der Waals surface area contributed by atoms with E-state index < -0.39 is 4.92 Å². The second-order valence-corrected chi connectivity index (χ2v) is 8.76. The highest BCUT2D eigenvalue weighted by Crippen LogP contribution is 2.36. The smallest absolute Gasteiger partial charge is 0.313 e. The van der Waals surface area contributed by atoms with Crippen molar-refractivity contribution in [3.05, 3.63) is 60.9 Å². The molecule has 0 unspecified atom stereocenters. The van der Waals surface area contributed by atoms with Gasteiger partial charge in [0.25, 0.3) is 0 Å². The number of hydrogen-bond acceptors (Lipinski definition) is 7. The molecule has 3 heterocycles. The zero-order valence-corrected chi connectivity index (χ0v) is 17.4. The maximum absolute atomic E-state index is 11.3. The van der Waals surface area contributed by atoms with Gasteiger partial charge in [0.15, 0.2) is 0 Å². The van der Waals surface area contributed by atoms with Crippen LogP contribution in [0.3, 0.4) is 0 Å². The predicted molar refractivity (Wildman–Crippen MR) is 113 cm³/mol. The summed E-state index contributed by atoms with van der Waals surface area (Å²) in [5.41, 5.74) is 0.819. The van der Waals surface area contributed by atoms with Crippen LogP contribution in [0, 0.1) is 10.1 Å². The number of fused-ring (bicyclic) bond motifs is 1. The van der Waals surface area contributed by atoms with Crippen LogP contribution in [-0.2, 0) is 13.1 Å². The summed E-state index contributed by atoms with van der Waals surface area (Å²) in [7, 11) is 0. The zero-order valence-electron chi connectivity index (χ0n) is 15.0. The van der Waals surface area contributed by atoms with Gasteiger partial charge in [-0.15, -0.1) is 11.3 Å². The van der Waals surface area contributed by atoms with Gasteiger partial charge in [-0.3, -0.25) is 24.9 Å². The van der Waals surface area contributed by atoms with Crippen molar-refractivity contribution in [2.45, 2.75) is 13.1 Å². The monoisotopic (exact) mass is 462 g/mol. The van der Waals surface area contributed by atoms with Crippen molar-refractivity contribution in [3.8, 4) is 5.75 Å². The maximum atomic E-state index is 11.3. The summed E-state index contributed by atoms with van der Waals surface area (Å²) < 4.78 is 1.13. The van der Waals surface area contributed by atoms with E-state index in [9.17, 15) is 15.2 Å². The van der Waals surface area contributed by atoms with Crippen molar-refractivity contribution in [3.63, 3.8) is 0 Å². The first-order chi connectivity index (χ1) is 13.5. The molecule has 1 aromatic carbocycles. The first kappa shape index (κ1) is 19.3. The number of piperazine rings is 1. The van der Waals surface area contributed by atoms with Gasteiger partial charge in [0, 0.05) is 71.6 Å². The number of thiophene rings is 1. The molecule has 0 radical (unpaired) electrons. The lowest BCUT2D eigenvalue weighted by atomic mass is 10.1. The standard InChI is InChI=1S/C19H19BrN4O3S/c20-14-9-15(28-12-14)11-23-6-4-22(5-7-23)10-13-8-17(24(26)27)19(25)18-16(13)2-1-3-21-18/h1-3,8-9,12,25H,4-7,10-11H2. The normalized spacial score (nSPS) is 15.9. The molecule has 146 valence electrons. The van der Waals surface area contributed by atoms with E-state index in [1.54, 1.807) is 17.4 Å². The Bertz CT molecular complexity index is 1020. The van der Waals surface area contributed by atoms with Gasteiger partial charge in [0.05, 0.1) is 4.92 Å². The van der Waals surface area contributed by atoms with Gasteiger partial charge in [-0.2, -0.15) is 0 Å². The topological polar surface area (TPSA) is 82.7 Å². The van der Waals surface area contributed by atoms with Crippen LogP contribution in [0.25, 0.3) is 10.9 Å². The second kappa shape index (κ2) is 8.12. The minimum Gasteiger partial charge on any atom is -0.501 e. The number of nitro benzene ring substituents is 1. The van der Waals surface area contributed by atoms with E-state index in [2.05, 4.69) is 42.2 Å². The predicted octanol–water partition coefficient (Wildman–Crippen LogP) is 3.99. The minimum atomic E-state index is -0.552. The van der Waals surface area contributed by atoms with Gasteiger partial charge in [-0.05, 0) is 33.6 Å². The highest BCUT2D eigenvalue weighted by Gasteiger charge is 2.23. The number of pyridine rings is 1. The maximum Gasteiger partial charge on any atom is 0.313 e. The van der Waals surface area contributed by atoms with E-state index in [1.807, 2.05) is 6.07 Å². The molecule has 0 spiro atoms. The van der Waals surface area contributed by atoms with Crippen molar-refractivity contribution in [1.29, 1.82) is 0 Å². The van der Waals surface area contributed by atoms with Crippen LogP contribution in [-0.4, -0.2) is 51.0 Å². The van der Waals surface area contributed by atoms with Crippen LogP contribution in [0.1, 0.15) is 10.4 Å². The number of phenolic OH excluding ortho intramolecular Hbond substituents is 1. The molecule has 0 amide bonds. The molecule has 1 aliphatic heterocycles. The number of halogens is 1. The van der Waals surface area contributed by atoms with Crippen molar-refractivity contribution in [1.82, 2.24) is 14.8 Å². The first-order valence-corrected chi connectivity index (χ1v) is 10.6. The molecular weight excluding hydrogens is 444 g/mol. The fourth-order valence-electron chi connectivity index (χ4n) is 3.56. The lowest BCUT2D eigenvalue weighted by molar-refractivity contribution is -0.385. The van der Waals surface area contributed by atoms with E-state index in [-0.39, 0.29) is 17.0 Å². The molecule has 1 saturated heterocycles. The van der Waals surface area contributed by atoms with Crippen molar-refractivity contribution >= 4 is 43.9 Å². The SMILES string of the molecule is O=[N+]([O-])c1cc(CN2CCN(Cc3cc(Br)cs3)CC2)c2cccnc2c1O. The number of rotatable bonds is 5. The number of phenols is 1. The average Bonchev–Trinajstić information content (AvgIpc) is 3.10. The molecule has 4 rings (SSSR count). The second-order valence-electron chi connectivity index (χ2n) is 6.84. The van der Waals surface area contributed by atoms with Gasteiger partial charge >= 0.3 is 5.69 Å². The third kappa shape index (κ3) is 4.02. The molecule has 0 saturated carbocycles. The molecule has 1 fully saturated rings. The van der Waals surface area contributed by atoms with E-state index in [1.165, 1.54) is 17.1 Å². The van der Waals surface area contributed by atoms with Crippen LogP contribution in [0.4, 0.5) is 5.69 Å². The quantitative estimate of drug-likeness (QED) is 0.455. The van der Waals surface area contributed by atoms with Crippen LogP contribution in [0.2, 0.25) is 0 Å².